The molecule has 0 aliphatic carbocycles. The molecule has 1 saturated heterocycles. The van der Waals surface area contributed by atoms with E-state index in [1.165, 1.54) is 4.90 Å². The molecule has 2 aromatic rings. The molecule has 2 heterocycles. The maximum Gasteiger partial charge on any atom is 0.408 e. The predicted octanol–water partition coefficient (Wildman–Crippen LogP) is 1.62. The van der Waals surface area contributed by atoms with Crippen LogP contribution in [0.3, 0.4) is 0 Å². The Bertz CT molecular complexity index is 1080. The predicted molar refractivity (Wildman–Crippen MR) is 124 cm³/mol. The van der Waals surface area contributed by atoms with Crippen molar-refractivity contribution in [1.29, 1.82) is 0 Å². The summed E-state index contributed by atoms with van der Waals surface area (Å²) in [4.78, 5) is 28.5. The van der Waals surface area contributed by atoms with Gasteiger partial charge in [-0.15, -0.1) is 10.6 Å². The first-order chi connectivity index (χ1) is 16.4. The summed E-state index contributed by atoms with van der Waals surface area (Å²) in [5.74, 6) is 1.66. The topological polar surface area (TPSA) is 119 Å². The zero-order chi connectivity index (χ0) is 24.2. The third-order valence-electron chi connectivity index (χ3n) is 6.08. The van der Waals surface area contributed by atoms with Gasteiger partial charge in [-0.2, -0.15) is 0 Å². The third-order valence-corrected chi connectivity index (χ3v) is 6.08. The summed E-state index contributed by atoms with van der Waals surface area (Å²) >= 11 is 0. The van der Waals surface area contributed by atoms with Crippen LogP contribution in [0.25, 0.3) is 0 Å². The SMILES string of the molecule is COc1ccc(CN2C(=O)[C@@H](N(Cc3ccccc3)C(=O)O)[C@H]2CN2NNN=C2C)c(OC)c1. The van der Waals surface area contributed by atoms with Crippen LogP contribution in [0.2, 0.25) is 0 Å². The van der Waals surface area contributed by atoms with Crippen molar-refractivity contribution in [1.82, 2.24) is 25.9 Å². The fourth-order valence-electron chi connectivity index (χ4n) is 4.22. The molecule has 0 radical (unpaired) electrons. The van der Waals surface area contributed by atoms with Gasteiger partial charge in [-0.3, -0.25) is 14.7 Å². The molecule has 0 bridgehead atoms. The number of carbonyl (C=O) groups excluding carboxylic acids is 1. The van der Waals surface area contributed by atoms with Crippen LogP contribution in [0, 0.1) is 0 Å². The number of methoxy groups -OCH3 is 2. The molecule has 1 fully saturated rings. The number of carbonyl (C=O) groups is 2. The van der Waals surface area contributed by atoms with Gasteiger partial charge in [-0.05, 0) is 24.6 Å². The van der Waals surface area contributed by atoms with Gasteiger partial charge < -0.3 is 19.5 Å². The van der Waals surface area contributed by atoms with Gasteiger partial charge in [-0.1, -0.05) is 30.3 Å². The van der Waals surface area contributed by atoms with E-state index in [9.17, 15) is 14.7 Å². The lowest BCUT2D eigenvalue weighted by Crippen LogP contribution is -2.73. The number of likely N-dealkylation sites (tertiary alicyclic amines) is 1. The Labute approximate surface area is 197 Å². The van der Waals surface area contributed by atoms with Gasteiger partial charge in [0.1, 0.15) is 23.4 Å². The van der Waals surface area contributed by atoms with E-state index in [4.69, 9.17) is 9.47 Å². The number of hydrogen-bond acceptors (Lipinski definition) is 8. The van der Waals surface area contributed by atoms with E-state index < -0.39 is 18.2 Å². The van der Waals surface area contributed by atoms with E-state index >= 15 is 0 Å². The van der Waals surface area contributed by atoms with E-state index in [-0.39, 0.29) is 19.0 Å². The molecule has 0 spiro atoms. The van der Waals surface area contributed by atoms with Crippen molar-refractivity contribution < 1.29 is 24.2 Å². The van der Waals surface area contributed by atoms with Gasteiger partial charge in [0.15, 0.2) is 0 Å². The van der Waals surface area contributed by atoms with Gasteiger partial charge in [0.2, 0.25) is 5.91 Å². The van der Waals surface area contributed by atoms with Crippen molar-refractivity contribution in [2.75, 3.05) is 20.8 Å². The Kier molecular flexibility index (Phi) is 6.73. The summed E-state index contributed by atoms with van der Waals surface area (Å²) in [6.07, 6.45) is -1.15. The Morgan fingerprint density at radius 3 is 2.56 bits per heavy atom. The summed E-state index contributed by atoms with van der Waals surface area (Å²) in [7, 11) is 3.13. The van der Waals surface area contributed by atoms with E-state index in [2.05, 4.69) is 16.2 Å². The second kappa shape index (κ2) is 9.87. The van der Waals surface area contributed by atoms with Crippen LogP contribution in [0.1, 0.15) is 18.1 Å². The van der Waals surface area contributed by atoms with Crippen molar-refractivity contribution >= 4 is 17.8 Å². The first kappa shape index (κ1) is 23.2. The van der Waals surface area contributed by atoms with E-state index in [0.29, 0.717) is 23.9 Å². The molecule has 3 N–H and O–H groups in total. The minimum Gasteiger partial charge on any atom is -0.497 e. The van der Waals surface area contributed by atoms with Crippen LogP contribution >= 0.6 is 0 Å². The lowest BCUT2D eigenvalue weighted by Gasteiger charge is -2.51. The van der Waals surface area contributed by atoms with Crippen molar-refractivity contribution in [2.24, 2.45) is 5.10 Å². The molecule has 11 heteroatoms. The molecule has 2 amide bonds. The highest BCUT2D eigenvalue weighted by atomic mass is 16.5. The van der Waals surface area contributed by atoms with E-state index in [0.717, 1.165) is 11.1 Å². The molecule has 4 rings (SSSR count). The number of rotatable bonds is 9. The first-order valence-corrected chi connectivity index (χ1v) is 10.8. The Balaban J connectivity index is 1.61. The zero-order valence-electron chi connectivity index (χ0n) is 19.3. The van der Waals surface area contributed by atoms with Crippen LogP contribution in [-0.2, 0) is 17.9 Å². The molecule has 34 heavy (non-hydrogen) atoms. The van der Waals surface area contributed by atoms with Crippen LogP contribution in [-0.4, -0.2) is 70.6 Å². The maximum absolute atomic E-state index is 13.4. The number of amides is 2. The summed E-state index contributed by atoms with van der Waals surface area (Å²) in [6, 6.07) is 13.4. The molecule has 2 atom stereocenters. The molecule has 0 aromatic heterocycles. The number of hydrazone groups is 1. The summed E-state index contributed by atoms with van der Waals surface area (Å²) in [5, 5.41) is 15.8. The number of amidine groups is 1. The number of hydrazine groups is 2. The summed E-state index contributed by atoms with van der Waals surface area (Å²) in [6.45, 7) is 2.54. The first-order valence-electron chi connectivity index (χ1n) is 10.8. The fourth-order valence-corrected chi connectivity index (χ4v) is 4.22. The quantitative estimate of drug-likeness (QED) is 0.475. The minimum atomic E-state index is -1.15. The van der Waals surface area contributed by atoms with Gasteiger partial charge in [-0.25, -0.2) is 10.3 Å². The molecule has 2 aromatic carbocycles. The average Bonchev–Trinajstić information content (AvgIpc) is 3.26. The third kappa shape index (κ3) is 4.55. The molecule has 11 nitrogen and oxygen atoms in total. The smallest absolute Gasteiger partial charge is 0.408 e. The normalized spacial score (nSPS) is 19.3. The Morgan fingerprint density at radius 2 is 1.94 bits per heavy atom. The van der Waals surface area contributed by atoms with Crippen molar-refractivity contribution in [3.05, 3.63) is 59.7 Å². The largest absolute Gasteiger partial charge is 0.497 e. The number of β-lactam (4-membered cyclic amide) rings is 1. The highest BCUT2D eigenvalue weighted by Gasteiger charge is 2.53. The second-order valence-corrected chi connectivity index (χ2v) is 8.05. The lowest BCUT2D eigenvalue weighted by atomic mass is 9.91. The highest BCUT2D eigenvalue weighted by Crippen LogP contribution is 2.33. The molecule has 2 aliphatic rings. The van der Waals surface area contributed by atoms with Crippen molar-refractivity contribution in [2.45, 2.75) is 32.1 Å². The van der Waals surface area contributed by atoms with E-state index in [1.54, 1.807) is 36.3 Å². The number of carboxylic acid groups (broad SMARTS) is 1. The van der Waals surface area contributed by atoms with Crippen LogP contribution in [0.4, 0.5) is 4.79 Å². The summed E-state index contributed by atoms with van der Waals surface area (Å²) < 4.78 is 10.8. The Hall–Kier alpha value is -3.99. The lowest BCUT2D eigenvalue weighted by molar-refractivity contribution is -0.160. The standard InChI is InChI=1S/C23H28N6O5/c1-15-24-25-26-29(15)14-19-21(28(23(31)32)12-16-7-5-4-6-8-16)22(30)27(19)13-17-9-10-18(33-2)11-20(17)34-3/h4-11,19,21,25-26H,12-14H2,1-3H3,(H,31,32)/t19-,21+/m1/s1. The van der Waals surface area contributed by atoms with Gasteiger partial charge >= 0.3 is 6.09 Å². The maximum atomic E-state index is 13.4. The highest BCUT2D eigenvalue weighted by molar-refractivity contribution is 5.92. The van der Waals surface area contributed by atoms with Crippen molar-refractivity contribution in [3.63, 3.8) is 0 Å². The van der Waals surface area contributed by atoms with Gasteiger partial charge in [0, 0.05) is 24.7 Å². The number of hydrogen-bond donors (Lipinski definition) is 3. The number of nitrogens with one attached hydrogen (secondary N) is 2. The zero-order valence-corrected chi connectivity index (χ0v) is 19.3. The summed E-state index contributed by atoms with van der Waals surface area (Å²) in [5.41, 5.74) is 7.21. The van der Waals surface area contributed by atoms with Crippen molar-refractivity contribution in [3.8, 4) is 11.5 Å². The number of nitrogens with zero attached hydrogens (tertiary/aromatic N) is 4. The molecule has 180 valence electrons. The van der Waals surface area contributed by atoms with Crippen LogP contribution in [0.5, 0.6) is 11.5 Å². The monoisotopic (exact) mass is 468 g/mol. The number of benzene rings is 2. The van der Waals surface area contributed by atoms with E-state index in [1.807, 2.05) is 43.3 Å². The van der Waals surface area contributed by atoms with Gasteiger partial charge in [0.25, 0.3) is 0 Å². The van der Waals surface area contributed by atoms with Crippen LogP contribution in [0.15, 0.2) is 53.6 Å². The molecule has 0 unspecified atom stereocenters. The second-order valence-electron chi connectivity index (χ2n) is 8.05. The van der Waals surface area contributed by atoms with Crippen LogP contribution < -0.4 is 20.5 Å². The fraction of sp³-hybridized carbons (Fsp3) is 0.348. The number of ether oxygens (including phenoxy) is 2. The van der Waals surface area contributed by atoms with Gasteiger partial charge in [0.05, 0.1) is 26.8 Å². The molecular formula is C23H28N6O5. The average molecular weight is 469 g/mol. The molecular weight excluding hydrogens is 440 g/mol. The molecule has 2 aliphatic heterocycles. The molecule has 0 saturated carbocycles. The minimum absolute atomic E-state index is 0.113. The Morgan fingerprint density at radius 1 is 1.18 bits per heavy atom.